The predicted octanol–water partition coefficient (Wildman–Crippen LogP) is 2.36. The number of aliphatic hydroxyl groups is 1. The third-order valence-electron chi connectivity index (χ3n) is 2.62. The van der Waals surface area contributed by atoms with Crippen molar-refractivity contribution in [1.29, 1.82) is 0 Å². The van der Waals surface area contributed by atoms with Crippen molar-refractivity contribution in [3.8, 4) is 5.75 Å². The summed E-state index contributed by atoms with van der Waals surface area (Å²) >= 11 is 0. The van der Waals surface area contributed by atoms with Gasteiger partial charge in [-0.25, -0.2) is 0 Å². The maximum Gasteiger partial charge on any atom is 0.124 e. The molecule has 0 atom stereocenters. The molecule has 0 aromatic heterocycles. The van der Waals surface area contributed by atoms with Crippen molar-refractivity contribution in [3.05, 3.63) is 29.8 Å². The summed E-state index contributed by atoms with van der Waals surface area (Å²) < 4.78 is 5.62. The van der Waals surface area contributed by atoms with Crippen molar-refractivity contribution in [2.45, 2.75) is 25.9 Å². The number of aliphatic hydroxyl groups excluding tert-OH is 1. The van der Waals surface area contributed by atoms with Crippen LogP contribution < -0.4 is 4.74 Å². The van der Waals surface area contributed by atoms with Crippen LogP contribution in [0.1, 0.15) is 24.8 Å². The van der Waals surface area contributed by atoms with Crippen LogP contribution in [0.2, 0.25) is 0 Å². The molecule has 0 saturated heterocycles. The SMILES string of the molecule is OCc1ccccc1OCCC1CC1. The van der Waals surface area contributed by atoms with Crippen LogP contribution in [-0.4, -0.2) is 11.7 Å². The Labute approximate surface area is 84.5 Å². The van der Waals surface area contributed by atoms with Crippen LogP contribution in [0.15, 0.2) is 24.3 Å². The second-order valence-corrected chi connectivity index (χ2v) is 3.85. The zero-order valence-corrected chi connectivity index (χ0v) is 8.28. The van der Waals surface area contributed by atoms with Gasteiger partial charge in [0.15, 0.2) is 0 Å². The topological polar surface area (TPSA) is 29.5 Å². The van der Waals surface area contributed by atoms with Gasteiger partial charge in [-0.2, -0.15) is 0 Å². The minimum atomic E-state index is 0.0552. The zero-order valence-electron chi connectivity index (χ0n) is 8.28. The second kappa shape index (κ2) is 4.47. The third kappa shape index (κ3) is 2.48. The first-order valence-corrected chi connectivity index (χ1v) is 5.21. The van der Waals surface area contributed by atoms with Crippen molar-refractivity contribution < 1.29 is 9.84 Å². The lowest BCUT2D eigenvalue weighted by molar-refractivity contribution is 0.259. The molecule has 0 radical (unpaired) electrons. The molecule has 0 amide bonds. The van der Waals surface area contributed by atoms with E-state index >= 15 is 0 Å². The summed E-state index contributed by atoms with van der Waals surface area (Å²) in [4.78, 5) is 0. The highest BCUT2D eigenvalue weighted by molar-refractivity contribution is 5.32. The lowest BCUT2D eigenvalue weighted by Gasteiger charge is -2.08. The number of para-hydroxylation sites is 1. The van der Waals surface area contributed by atoms with E-state index in [1.54, 1.807) is 0 Å². The maximum atomic E-state index is 9.06. The van der Waals surface area contributed by atoms with Crippen molar-refractivity contribution in [2.24, 2.45) is 5.92 Å². The van der Waals surface area contributed by atoms with Crippen molar-refractivity contribution in [3.63, 3.8) is 0 Å². The maximum absolute atomic E-state index is 9.06. The normalized spacial score (nSPS) is 15.5. The van der Waals surface area contributed by atoms with Crippen LogP contribution in [0.5, 0.6) is 5.75 Å². The van der Waals surface area contributed by atoms with Gasteiger partial charge in [0.1, 0.15) is 5.75 Å². The largest absolute Gasteiger partial charge is 0.493 e. The molecule has 0 unspecified atom stereocenters. The summed E-state index contributed by atoms with van der Waals surface area (Å²) in [6.07, 6.45) is 3.88. The molecule has 1 fully saturated rings. The molecule has 1 aliphatic rings. The van der Waals surface area contributed by atoms with E-state index in [9.17, 15) is 0 Å². The van der Waals surface area contributed by atoms with Crippen LogP contribution in [0.3, 0.4) is 0 Å². The molecule has 1 aromatic carbocycles. The monoisotopic (exact) mass is 192 g/mol. The van der Waals surface area contributed by atoms with Gasteiger partial charge in [-0.05, 0) is 18.4 Å². The third-order valence-corrected chi connectivity index (χ3v) is 2.62. The first-order chi connectivity index (χ1) is 6.90. The Morgan fingerprint density at radius 3 is 2.79 bits per heavy atom. The minimum absolute atomic E-state index is 0.0552. The van der Waals surface area contributed by atoms with E-state index in [1.807, 2.05) is 24.3 Å². The second-order valence-electron chi connectivity index (χ2n) is 3.85. The molecule has 0 bridgehead atoms. The van der Waals surface area contributed by atoms with Crippen LogP contribution >= 0.6 is 0 Å². The van der Waals surface area contributed by atoms with Crippen molar-refractivity contribution in [2.75, 3.05) is 6.61 Å². The number of rotatable bonds is 5. The molecule has 1 N–H and O–H groups in total. The van der Waals surface area contributed by atoms with Crippen molar-refractivity contribution >= 4 is 0 Å². The molecule has 1 aliphatic carbocycles. The predicted molar refractivity (Wildman–Crippen MR) is 55.2 cm³/mol. The molecular weight excluding hydrogens is 176 g/mol. The molecule has 2 heteroatoms. The van der Waals surface area contributed by atoms with E-state index in [2.05, 4.69) is 0 Å². The Hall–Kier alpha value is -1.02. The molecule has 1 saturated carbocycles. The summed E-state index contributed by atoms with van der Waals surface area (Å²) in [5, 5.41) is 9.06. The van der Waals surface area contributed by atoms with E-state index in [1.165, 1.54) is 12.8 Å². The smallest absolute Gasteiger partial charge is 0.124 e. The fraction of sp³-hybridized carbons (Fsp3) is 0.500. The molecule has 76 valence electrons. The van der Waals surface area contributed by atoms with E-state index < -0.39 is 0 Å². The summed E-state index contributed by atoms with van der Waals surface area (Å²) in [5.74, 6) is 1.73. The fourth-order valence-electron chi connectivity index (χ4n) is 1.52. The Kier molecular flexibility index (Phi) is 3.04. The summed E-state index contributed by atoms with van der Waals surface area (Å²) in [6.45, 7) is 0.835. The molecule has 0 heterocycles. The lowest BCUT2D eigenvalue weighted by atomic mass is 10.2. The Bertz CT molecular complexity index is 292. The van der Waals surface area contributed by atoms with Gasteiger partial charge in [-0.1, -0.05) is 31.0 Å². The summed E-state index contributed by atoms with van der Waals surface area (Å²) in [5.41, 5.74) is 0.878. The molecule has 0 aliphatic heterocycles. The number of hydrogen-bond acceptors (Lipinski definition) is 2. The van der Waals surface area contributed by atoms with Gasteiger partial charge in [0.05, 0.1) is 13.2 Å². The average Bonchev–Trinajstić information content (AvgIpc) is 3.03. The summed E-state index contributed by atoms with van der Waals surface area (Å²) in [6, 6.07) is 7.66. The number of benzene rings is 1. The number of hydrogen-bond donors (Lipinski definition) is 1. The van der Waals surface area contributed by atoms with Crippen LogP contribution in [0.4, 0.5) is 0 Å². The van der Waals surface area contributed by atoms with E-state index in [0.29, 0.717) is 0 Å². The van der Waals surface area contributed by atoms with Gasteiger partial charge in [-0.3, -0.25) is 0 Å². The Morgan fingerprint density at radius 2 is 2.07 bits per heavy atom. The molecule has 1 aromatic rings. The van der Waals surface area contributed by atoms with Gasteiger partial charge in [0, 0.05) is 5.56 Å². The first-order valence-electron chi connectivity index (χ1n) is 5.21. The van der Waals surface area contributed by atoms with Crippen LogP contribution in [0.25, 0.3) is 0 Å². The standard InChI is InChI=1S/C12H16O2/c13-9-11-3-1-2-4-12(11)14-8-7-10-5-6-10/h1-4,10,13H,5-9H2. The highest BCUT2D eigenvalue weighted by Crippen LogP contribution is 2.32. The Balaban J connectivity index is 1.86. The molecule has 2 rings (SSSR count). The van der Waals surface area contributed by atoms with E-state index in [-0.39, 0.29) is 6.61 Å². The van der Waals surface area contributed by atoms with Gasteiger partial charge in [-0.15, -0.1) is 0 Å². The molecule has 2 nitrogen and oxygen atoms in total. The number of ether oxygens (including phenoxy) is 1. The van der Waals surface area contributed by atoms with Gasteiger partial charge < -0.3 is 9.84 Å². The molecule has 14 heavy (non-hydrogen) atoms. The first kappa shape index (κ1) is 9.53. The fourth-order valence-corrected chi connectivity index (χ4v) is 1.52. The van der Waals surface area contributed by atoms with Crippen LogP contribution in [0, 0.1) is 5.92 Å². The zero-order chi connectivity index (χ0) is 9.80. The van der Waals surface area contributed by atoms with Gasteiger partial charge >= 0.3 is 0 Å². The molecule has 0 spiro atoms. The van der Waals surface area contributed by atoms with E-state index in [0.717, 1.165) is 30.3 Å². The quantitative estimate of drug-likeness (QED) is 0.776. The van der Waals surface area contributed by atoms with Gasteiger partial charge in [0.2, 0.25) is 0 Å². The molecular formula is C12H16O2. The Morgan fingerprint density at radius 1 is 1.29 bits per heavy atom. The highest BCUT2D eigenvalue weighted by atomic mass is 16.5. The highest BCUT2D eigenvalue weighted by Gasteiger charge is 2.20. The lowest BCUT2D eigenvalue weighted by Crippen LogP contribution is -2.00. The van der Waals surface area contributed by atoms with Crippen LogP contribution in [-0.2, 0) is 6.61 Å². The average molecular weight is 192 g/mol. The summed E-state index contributed by atoms with van der Waals surface area (Å²) in [7, 11) is 0. The van der Waals surface area contributed by atoms with E-state index in [4.69, 9.17) is 9.84 Å². The van der Waals surface area contributed by atoms with Crippen molar-refractivity contribution in [1.82, 2.24) is 0 Å². The minimum Gasteiger partial charge on any atom is -0.493 e. The van der Waals surface area contributed by atoms with Gasteiger partial charge in [0.25, 0.3) is 0 Å².